The molecule has 0 bridgehead atoms. The van der Waals surface area contributed by atoms with Crippen molar-refractivity contribution in [1.82, 2.24) is 0 Å². The average molecular weight is 1120 g/mol. The molecular formula is C74H138O6. The monoisotopic (exact) mass is 1120 g/mol. The number of hydrogen-bond donors (Lipinski definition) is 0. The molecule has 6 heteroatoms. The van der Waals surface area contributed by atoms with Gasteiger partial charge in [-0.1, -0.05) is 359 Å². The van der Waals surface area contributed by atoms with E-state index >= 15 is 0 Å². The highest BCUT2D eigenvalue weighted by atomic mass is 16.6. The topological polar surface area (TPSA) is 78.9 Å². The molecule has 80 heavy (non-hydrogen) atoms. The van der Waals surface area contributed by atoms with E-state index in [-0.39, 0.29) is 31.1 Å². The average Bonchev–Trinajstić information content (AvgIpc) is 3.46. The van der Waals surface area contributed by atoms with E-state index in [1.807, 2.05) is 0 Å². The van der Waals surface area contributed by atoms with Gasteiger partial charge >= 0.3 is 17.9 Å². The lowest BCUT2D eigenvalue weighted by Crippen LogP contribution is -2.30. The van der Waals surface area contributed by atoms with Crippen molar-refractivity contribution in [1.29, 1.82) is 0 Å². The number of carbonyl (C=O) groups is 3. The number of hydrogen-bond acceptors (Lipinski definition) is 6. The van der Waals surface area contributed by atoms with Crippen molar-refractivity contribution in [3.8, 4) is 0 Å². The van der Waals surface area contributed by atoms with Gasteiger partial charge in [0, 0.05) is 19.3 Å². The highest BCUT2D eigenvalue weighted by Crippen LogP contribution is 2.19. The number of carbonyl (C=O) groups excluding carboxylic acids is 3. The molecule has 0 saturated carbocycles. The first-order valence-electron chi connectivity index (χ1n) is 36.0. The zero-order valence-corrected chi connectivity index (χ0v) is 54.1. The van der Waals surface area contributed by atoms with E-state index in [0.29, 0.717) is 19.3 Å². The van der Waals surface area contributed by atoms with Crippen molar-refractivity contribution in [3.05, 3.63) is 36.5 Å². The minimum atomic E-state index is -0.773. The predicted molar refractivity (Wildman–Crippen MR) is 349 cm³/mol. The van der Waals surface area contributed by atoms with E-state index in [0.717, 1.165) is 77.0 Å². The Labute approximate surface area is 499 Å². The van der Waals surface area contributed by atoms with E-state index in [2.05, 4.69) is 57.2 Å². The van der Waals surface area contributed by atoms with Crippen LogP contribution in [0.4, 0.5) is 0 Å². The molecule has 470 valence electrons. The summed E-state index contributed by atoms with van der Waals surface area (Å²) in [6.07, 6.45) is 85.9. The van der Waals surface area contributed by atoms with Crippen LogP contribution in [-0.2, 0) is 28.6 Å². The van der Waals surface area contributed by atoms with E-state index in [9.17, 15) is 14.4 Å². The molecule has 1 unspecified atom stereocenters. The summed E-state index contributed by atoms with van der Waals surface area (Å²) >= 11 is 0. The molecule has 0 N–H and O–H groups in total. The van der Waals surface area contributed by atoms with Gasteiger partial charge in [0.05, 0.1) is 0 Å². The Morgan fingerprint density at radius 3 is 0.700 bits per heavy atom. The third-order valence-electron chi connectivity index (χ3n) is 16.4. The minimum absolute atomic E-state index is 0.0682. The number of unbranched alkanes of at least 4 members (excludes halogenated alkanes) is 50. The fraction of sp³-hybridized carbons (Fsp3) is 0.878. The summed E-state index contributed by atoms with van der Waals surface area (Å²) in [5.41, 5.74) is 0. The highest BCUT2D eigenvalue weighted by molar-refractivity contribution is 5.71. The Balaban J connectivity index is 4.31. The van der Waals surface area contributed by atoms with Gasteiger partial charge in [0.15, 0.2) is 6.10 Å². The summed E-state index contributed by atoms with van der Waals surface area (Å²) < 4.78 is 17.0. The molecule has 0 aliphatic rings. The van der Waals surface area contributed by atoms with Crippen LogP contribution in [0.2, 0.25) is 0 Å². The molecular weight excluding hydrogens is 985 g/mol. The fourth-order valence-electron chi connectivity index (χ4n) is 11.0. The maximum absolute atomic E-state index is 13.0. The molecule has 0 amide bonds. The largest absolute Gasteiger partial charge is 0.462 e. The summed E-state index contributed by atoms with van der Waals surface area (Å²) in [5, 5.41) is 0. The first kappa shape index (κ1) is 77.6. The molecule has 0 aromatic rings. The zero-order valence-electron chi connectivity index (χ0n) is 54.1. The van der Waals surface area contributed by atoms with E-state index in [4.69, 9.17) is 14.2 Å². The van der Waals surface area contributed by atoms with Crippen LogP contribution in [0.15, 0.2) is 36.5 Å². The van der Waals surface area contributed by atoms with Gasteiger partial charge in [-0.3, -0.25) is 14.4 Å². The fourth-order valence-corrected chi connectivity index (χ4v) is 11.0. The molecule has 0 fully saturated rings. The molecule has 0 spiro atoms. The van der Waals surface area contributed by atoms with Crippen molar-refractivity contribution in [3.63, 3.8) is 0 Å². The van der Waals surface area contributed by atoms with Gasteiger partial charge in [0.2, 0.25) is 0 Å². The van der Waals surface area contributed by atoms with Crippen LogP contribution in [0.5, 0.6) is 0 Å². The third-order valence-corrected chi connectivity index (χ3v) is 16.4. The number of esters is 3. The summed E-state index contributed by atoms with van der Waals surface area (Å²) in [5.74, 6) is -0.842. The molecule has 0 aliphatic heterocycles. The summed E-state index contributed by atoms with van der Waals surface area (Å²) in [4.78, 5) is 38.5. The lowest BCUT2D eigenvalue weighted by molar-refractivity contribution is -0.167. The standard InChI is InChI=1S/C74H138O6/c1-4-7-10-13-16-19-22-25-28-31-33-35-37-39-40-43-46-49-52-55-58-61-64-67-73(76)79-70-71(69-78-72(75)66-63-60-57-54-51-48-45-42-30-27-24-21-18-15-12-9-6-3)80-74(77)68-65-62-59-56-53-50-47-44-41-38-36-34-32-29-26-23-20-17-14-11-8-5-2/h22,25,31,33,37,39,71H,4-21,23-24,26-30,32,34-36,38,40-70H2,1-3H3/b25-22-,33-31-,39-37-. The minimum Gasteiger partial charge on any atom is -0.462 e. The molecule has 0 saturated heterocycles. The van der Waals surface area contributed by atoms with Gasteiger partial charge in [-0.15, -0.1) is 0 Å². The van der Waals surface area contributed by atoms with Gasteiger partial charge in [-0.05, 0) is 57.8 Å². The van der Waals surface area contributed by atoms with Crippen molar-refractivity contribution >= 4 is 17.9 Å². The lowest BCUT2D eigenvalue weighted by Gasteiger charge is -2.18. The Morgan fingerprint density at radius 2 is 0.450 bits per heavy atom. The van der Waals surface area contributed by atoms with Crippen LogP contribution in [0, 0.1) is 0 Å². The SMILES string of the molecule is CCCCCCC/C=C\C/C=C\C/C=C\CCCCCCCCCCC(=O)OCC(COC(=O)CCCCCCCCCCCCCCCCCCC)OC(=O)CCCCCCCCCCCCCCCCCCCCCCCC. The molecule has 0 rings (SSSR count). The normalized spacial score (nSPS) is 12.2. The van der Waals surface area contributed by atoms with Gasteiger partial charge in [0.1, 0.15) is 13.2 Å². The van der Waals surface area contributed by atoms with Gasteiger partial charge < -0.3 is 14.2 Å². The Hall–Kier alpha value is -2.37. The van der Waals surface area contributed by atoms with Crippen LogP contribution >= 0.6 is 0 Å². The van der Waals surface area contributed by atoms with E-state index in [1.165, 1.54) is 283 Å². The zero-order chi connectivity index (χ0) is 57.8. The smallest absolute Gasteiger partial charge is 0.306 e. The van der Waals surface area contributed by atoms with Crippen molar-refractivity contribution < 1.29 is 28.6 Å². The van der Waals surface area contributed by atoms with Gasteiger partial charge in [-0.2, -0.15) is 0 Å². The van der Waals surface area contributed by atoms with Crippen molar-refractivity contribution in [2.75, 3.05) is 13.2 Å². The quantitative estimate of drug-likeness (QED) is 0.0261. The molecule has 1 atom stereocenters. The van der Waals surface area contributed by atoms with Crippen LogP contribution in [0.3, 0.4) is 0 Å². The molecule has 6 nitrogen and oxygen atoms in total. The maximum atomic E-state index is 13.0. The van der Waals surface area contributed by atoms with Gasteiger partial charge in [-0.25, -0.2) is 0 Å². The summed E-state index contributed by atoms with van der Waals surface area (Å²) in [6.45, 7) is 6.71. The molecule has 0 heterocycles. The first-order valence-corrected chi connectivity index (χ1v) is 36.0. The van der Waals surface area contributed by atoms with Crippen molar-refractivity contribution in [2.45, 2.75) is 406 Å². The molecule has 0 aromatic heterocycles. The maximum Gasteiger partial charge on any atom is 0.306 e. The number of rotatable bonds is 67. The molecule has 0 aliphatic carbocycles. The first-order chi connectivity index (χ1) is 39.5. The number of ether oxygens (including phenoxy) is 3. The second kappa shape index (κ2) is 69.1. The van der Waals surface area contributed by atoms with Crippen LogP contribution in [0.25, 0.3) is 0 Å². The van der Waals surface area contributed by atoms with Gasteiger partial charge in [0.25, 0.3) is 0 Å². The Kier molecular flexibility index (Phi) is 67.1. The predicted octanol–water partition coefficient (Wildman–Crippen LogP) is 24.7. The second-order valence-electron chi connectivity index (χ2n) is 24.5. The molecule has 0 aromatic carbocycles. The van der Waals surface area contributed by atoms with E-state index in [1.54, 1.807) is 0 Å². The summed E-state index contributed by atoms with van der Waals surface area (Å²) in [7, 11) is 0. The summed E-state index contributed by atoms with van der Waals surface area (Å²) in [6, 6.07) is 0. The van der Waals surface area contributed by atoms with Crippen molar-refractivity contribution in [2.24, 2.45) is 0 Å². The van der Waals surface area contributed by atoms with E-state index < -0.39 is 6.10 Å². The van der Waals surface area contributed by atoms with Crippen LogP contribution < -0.4 is 0 Å². The van der Waals surface area contributed by atoms with Crippen LogP contribution in [-0.4, -0.2) is 37.2 Å². The number of allylic oxidation sites excluding steroid dienone is 6. The lowest BCUT2D eigenvalue weighted by atomic mass is 10.0. The third kappa shape index (κ3) is 66.4. The highest BCUT2D eigenvalue weighted by Gasteiger charge is 2.19. The Bertz CT molecular complexity index is 1340. The van der Waals surface area contributed by atoms with Crippen LogP contribution in [0.1, 0.15) is 400 Å². The molecule has 0 radical (unpaired) electrons. The Morgan fingerprint density at radius 1 is 0.250 bits per heavy atom. The second-order valence-corrected chi connectivity index (χ2v) is 24.5.